The van der Waals surface area contributed by atoms with Gasteiger partial charge in [0, 0.05) is 29.2 Å². The molecule has 4 rings (SSSR count). The number of amides is 1. The molecule has 1 N–H and O–H groups in total. The van der Waals surface area contributed by atoms with E-state index in [1.54, 1.807) is 6.07 Å². The summed E-state index contributed by atoms with van der Waals surface area (Å²) in [7, 11) is 0. The van der Waals surface area contributed by atoms with E-state index in [-0.39, 0.29) is 12.0 Å². The zero-order chi connectivity index (χ0) is 24.1. The number of hydrogen-bond acceptors (Lipinski definition) is 3. The summed E-state index contributed by atoms with van der Waals surface area (Å²) in [6, 6.07) is 21.9. The Labute approximate surface area is 193 Å². The molecule has 0 unspecified atom stereocenters. The first kappa shape index (κ1) is 22.8. The summed E-state index contributed by atoms with van der Waals surface area (Å²) in [4.78, 5) is 12.2. The van der Waals surface area contributed by atoms with Crippen molar-refractivity contribution in [3.05, 3.63) is 107 Å². The van der Waals surface area contributed by atoms with Crippen molar-refractivity contribution < 1.29 is 18.0 Å². The van der Waals surface area contributed by atoms with Gasteiger partial charge in [0.1, 0.15) is 0 Å². The highest BCUT2D eigenvalue weighted by molar-refractivity contribution is 5.99. The fourth-order valence-electron chi connectivity index (χ4n) is 3.72. The molecule has 1 heterocycles. The highest BCUT2D eigenvalue weighted by Crippen LogP contribution is 2.29. The van der Waals surface area contributed by atoms with Crippen molar-refractivity contribution in [3.8, 4) is 6.07 Å². The van der Waals surface area contributed by atoms with Crippen molar-refractivity contribution in [2.24, 2.45) is 5.10 Å². The molecule has 0 bridgehead atoms. The van der Waals surface area contributed by atoms with Crippen LogP contribution in [0.4, 0.5) is 13.2 Å². The van der Waals surface area contributed by atoms with Crippen LogP contribution in [0.5, 0.6) is 0 Å². The summed E-state index contributed by atoms with van der Waals surface area (Å²) in [5.41, 5.74) is 4.99. The summed E-state index contributed by atoms with van der Waals surface area (Å²) >= 11 is 0. The molecule has 0 aliphatic carbocycles. The minimum absolute atomic E-state index is 0.228. The Morgan fingerprint density at radius 3 is 2.62 bits per heavy atom. The molecule has 5 nitrogen and oxygen atoms in total. The van der Waals surface area contributed by atoms with Crippen molar-refractivity contribution in [3.63, 3.8) is 0 Å². The minimum atomic E-state index is -4.47. The number of rotatable bonds is 6. The number of hydrazone groups is 1. The second-order valence-corrected chi connectivity index (χ2v) is 7.67. The van der Waals surface area contributed by atoms with Gasteiger partial charge < -0.3 is 4.57 Å². The Balaban J connectivity index is 1.50. The van der Waals surface area contributed by atoms with E-state index < -0.39 is 17.6 Å². The van der Waals surface area contributed by atoms with E-state index in [2.05, 4.69) is 16.6 Å². The van der Waals surface area contributed by atoms with Gasteiger partial charge in [-0.3, -0.25) is 4.79 Å². The molecule has 0 saturated carbocycles. The number of nitrogens with one attached hydrogen (secondary N) is 1. The van der Waals surface area contributed by atoms with E-state index in [0.29, 0.717) is 12.1 Å². The van der Waals surface area contributed by atoms with E-state index in [1.165, 1.54) is 18.3 Å². The van der Waals surface area contributed by atoms with Crippen molar-refractivity contribution >= 4 is 23.0 Å². The second-order valence-electron chi connectivity index (χ2n) is 7.67. The fraction of sp³-hybridized carbons (Fsp3) is 0.115. The lowest BCUT2D eigenvalue weighted by atomic mass is 10.1. The molecule has 1 aromatic heterocycles. The monoisotopic (exact) mass is 460 g/mol. The topological polar surface area (TPSA) is 70.2 Å². The van der Waals surface area contributed by atoms with E-state index in [1.807, 2.05) is 53.2 Å². The van der Waals surface area contributed by atoms with Gasteiger partial charge in [-0.15, -0.1) is 0 Å². The molecule has 0 saturated heterocycles. The number of carbonyl (C=O) groups is 1. The van der Waals surface area contributed by atoms with Gasteiger partial charge in [-0.25, -0.2) is 5.43 Å². The molecule has 3 aromatic carbocycles. The molecule has 0 aliphatic heterocycles. The summed E-state index contributed by atoms with van der Waals surface area (Å²) < 4.78 is 40.6. The minimum Gasteiger partial charge on any atom is -0.342 e. The molecule has 34 heavy (non-hydrogen) atoms. The van der Waals surface area contributed by atoms with Crippen LogP contribution in [0, 0.1) is 11.3 Å². The first-order valence-electron chi connectivity index (χ1n) is 10.4. The zero-order valence-corrected chi connectivity index (χ0v) is 17.9. The highest BCUT2D eigenvalue weighted by Gasteiger charge is 2.30. The van der Waals surface area contributed by atoms with Crippen LogP contribution in [-0.4, -0.2) is 16.7 Å². The third-order valence-electron chi connectivity index (χ3n) is 5.31. The average molecular weight is 460 g/mol. The number of aromatic nitrogens is 1. The SMILES string of the molecule is N#Cc1ccccc1Cn1cc(/C=N/NC(=O)Cc2cccc(C(F)(F)F)c2)c2ccccc21. The van der Waals surface area contributed by atoms with Crippen LogP contribution in [0.1, 0.15) is 27.8 Å². The number of carbonyl (C=O) groups excluding carboxylic acids is 1. The number of nitriles is 1. The van der Waals surface area contributed by atoms with Crippen LogP contribution in [-0.2, 0) is 23.9 Å². The lowest BCUT2D eigenvalue weighted by Gasteiger charge is -2.08. The number of nitrogens with zero attached hydrogens (tertiary/aromatic N) is 3. The maximum Gasteiger partial charge on any atom is 0.416 e. The van der Waals surface area contributed by atoms with E-state index in [4.69, 9.17) is 0 Å². The van der Waals surface area contributed by atoms with Crippen LogP contribution >= 0.6 is 0 Å². The number of alkyl halides is 3. The highest BCUT2D eigenvalue weighted by atomic mass is 19.4. The lowest BCUT2D eigenvalue weighted by Crippen LogP contribution is -2.20. The summed E-state index contributed by atoms with van der Waals surface area (Å²) in [5, 5.41) is 14.3. The number of fused-ring (bicyclic) bond motifs is 1. The van der Waals surface area contributed by atoms with Crippen LogP contribution in [0.3, 0.4) is 0 Å². The maximum atomic E-state index is 12.9. The van der Waals surface area contributed by atoms with Gasteiger partial charge >= 0.3 is 6.18 Å². The molecular formula is C26H19F3N4O. The van der Waals surface area contributed by atoms with Gasteiger partial charge in [0.2, 0.25) is 5.91 Å². The quantitative estimate of drug-likeness (QED) is 0.314. The second kappa shape index (κ2) is 9.63. The van der Waals surface area contributed by atoms with Gasteiger partial charge in [-0.2, -0.15) is 23.5 Å². The summed E-state index contributed by atoms with van der Waals surface area (Å²) in [6.07, 6.45) is -1.32. The standard InChI is InChI=1S/C26H19F3N4O/c27-26(28,29)22-9-5-6-18(12-22)13-25(34)32-31-15-21-17-33(24-11-4-3-10-23(21)24)16-20-8-2-1-7-19(20)14-30/h1-12,15,17H,13,16H2,(H,32,34)/b31-15+. The third-order valence-corrected chi connectivity index (χ3v) is 5.31. The Morgan fingerprint density at radius 2 is 1.82 bits per heavy atom. The fourth-order valence-corrected chi connectivity index (χ4v) is 3.72. The van der Waals surface area contributed by atoms with Gasteiger partial charge in [0.05, 0.1) is 29.8 Å². The van der Waals surface area contributed by atoms with Gasteiger partial charge in [0.25, 0.3) is 0 Å². The molecule has 1 amide bonds. The maximum absolute atomic E-state index is 12.9. The third kappa shape index (κ3) is 5.15. The summed E-state index contributed by atoms with van der Waals surface area (Å²) in [5.74, 6) is -0.526. The number of hydrogen-bond donors (Lipinski definition) is 1. The predicted octanol–water partition coefficient (Wildman–Crippen LogP) is 5.27. The Morgan fingerprint density at radius 1 is 1.06 bits per heavy atom. The molecule has 0 fully saturated rings. The molecular weight excluding hydrogens is 441 g/mol. The van der Waals surface area contributed by atoms with E-state index in [9.17, 15) is 23.2 Å². The molecule has 170 valence electrons. The first-order valence-corrected chi connectivity index (χ1v) is 10.4. The van der Waals surface area contributed by atoms with E-state index in [0.717, 1.165) is 34.2 Å². The van der Waals surface area contributed by atoms with Gasteiger partial charge in [-0.1, -0.05) is 54.6 Å². The Kier molecular flexibility index (Phi) is 6.46. The zero-order valence-electron chi connectivity index (χ0n) is 17.9. The van der Waals surface area contributed by atoms with Crippen LogP contribution in [0.2, 0.25) is 0 Å². The Hall–Kier alpha value is -4.38. The van der Waals surface area contributed by atoms with Crippen molar-refractivity contribution in [2.75, 3.05) is 0 Å². The number of halogens is 3. The normalized spacial score (nSPS) is 11.6. The molecule has 0 aliphatic rings. The van der Waals surface area contributed by atoms with Crippen molar-refractivity contribution in [1.29, 1.82) is 5.26 Å². The molecule has 0 spiro atoms. The largest absolute Gasteiger partial charge is 0.416 e. The molecule has 0 radical (unpaired) electrons. The van der Waals surface area contributed by atoms with Gasteiger partial charge in [0.15, 0.2) is 0 Å². The first-order chi connectivity index (χ1) is 16.3. The van der Waals surface area contributed by atoms with E-state index >= 15 is 0 Å². The molecule has 0 atom stereocenters. The lowest BCUT2D eigenvalue weighted by molar-refractivity contribution is -0.137. The van der Waals surface area contributed by atoms with Gasteiger partial charge in [-0.05, 0) is 29.3 Å². The average Bonchev–Trinajstić information content (AvgIpc) is 3.16. The predicted molar refractivity (Wildman–Crippen MR) is 123 cm³/mol. The van der Waals surface area contributed by atoms with Crippen molar-refractivity contribution in [1.82, 2.24) is 9.99 Å². The molecule has 4 aromatic rings. The Bertz CT molecular complexity index is 1410. The van der Waals surface area contributed by atoms with Crippen LogP contribution in [0.25, 0.3) is 10.9 Å². The number of benzene rings is 3. The number of para-hydroxylation sites is 1. The summed E-state index contributed by atoms with van der Waals surface area (Å²) in [6.45, 7) is 0.486. The van der Waals surface area contributed by atoms with Crippen molar-refractivity contribution in [2.45, 2.75) is 19.1 Å². The smallest absolute Gasteiger partial charge is 0.342 e. The molecule has 8 heteroatoms. The van der Waals surface area contributed by atoms with Crippen LogP contribution in [0.15, 0.2) is 84.1 Å². The van der Waals surface area contributed by atoms with Crippen LogP contribution < -0.4 is 5.43 Å².